The van der Waals surface area contributed by atoms with Crippen molar-refractivity contribution in [2.45, 2.75) is 13.0 Å². The van der Waals surface area contributed by atoms with Gasteiger partial charge in [0.15, 0.2) is 17.6 Å². The fourth-order valence-electron chi connectivity index (χ4n) is 2.50. The summed E-state index contributed by atoms with van der Waals surface area (Å²) in [7, 11) is 0. The van der Waals surface area contributed by atoms with Gasteiger partial charge in [-0.1, -0.05) is 12.1 Å². The fraction of sp³-hybridized carbons (Fsp3) is 0.263. The number of hydrogen-bond donors (Lipinski definition) is 3. The van der Waals surface area contributed by atoms with Gasteiger partial charge in [-0.2, -0.15) is 0 Å². The molecule has 1 atom stereocenters. The topological polar surface area (TPSA) is 106 Å². The average Bonchev–Trinajstić information content (AvgIpc) is 3.14. The first-order valence-corrected chi connectivity index (χ1v) is 8.43. The molecule has 0 saturated carbocycles. The van der Waals surface area contributed by atoms with Crippen LogP contribution in [0.5, 0.6) is 11.5 Å². The second-order valence-electron chi connectivity index (χ2n) is 5.80. The molecule has 8 heteroatoms. The molecule has 1 aliphatic rings. The van der Waals surface area contributed by atoms with Crippen molar-refractivity contribution >= 4 is 23.3 Å². The van der Waals surface area contributed by atoms with E-state index in [9.17, 15) is 9.59 Å². The number of ether oxygens (including phenoxy) is 3. The number of fused-ring (bicyclic) bond motifs is 1. The van der Waals surface area contributed by atoms with Crippen LogP contribution in [0.1, 0.15) is 17.3 Å². The van der Waals surface area contributed by atoms with Crippen molar-refractivity contribution in [1.29, 1.82) is 0 Å². The fourth-order valence-corrected chi connectivity index (χ4v) is 2.50. The third kappa shape index (κ3) is 4.48. The Morgan fingerprint density at radius 1 is 1.19 bits per heavy atom. The normalized spacial score (nSPS) is 13.0. The standard InChI is InChI=1S/C19H20N2O6/c1-12(18(23)21-13-6-7-16-17(10-13)26-11-25-16)27-19(24)14-4-2-3-5-15(14)20-8-9-22/h2-7,10,12,20,22H,8-9,11H2,1H3,(H,21,23). The number of anilines is 2. The van der Waals surface area contributed by atoms with Gasteiger partial charge in [0, 0.05) is 24.0 Å². The zero-order valence-corrected chi connectivity index (χ0v) is 14.7. The summed E-state index contributed by atoms with van der Waals surface area (Å²) in [6.45, 7) is 1.86. The zero-order valence-electron chi connectivity index (χ0n) is 14.7. The summed E-state index contributed by atoms with van der Waals surface area (Å²) in [5.74, 6) is 0.0492. The number of benzene rings is 2. The van der Waals surface area contributed by atoms with E-state index in [1.807, 2.05) is 0 Å². The van der Waals surface area contributed by atoms with Gasteiger partial charge in [0.25, 0.3) is 5.91 Å². The van der Waals surface area contributed by atoms with Crippen molar-refractivity contribution in [2.75, 3.05) is 30.6 Å². The Kier molecular flexibility index (Phi) is 5.77. The van der Waals surface area contributed by atoms with Crippen molar-refractivity contribution in [3.05, 3.63) is 48.0 Å². The molecule has 0 bridgehead atoms. The van der Waals surface area contributed by atoms with Crippen LogP contribution in [0.2, 0.25) is 0 Å². The molecule has 3 N–H and O–H groups in total. The summed E-state index contributed by atoms with van der Waals surface area (Å²) < 4.78 is 15.8. The van der Waals surface area contributed by atoms with Gasteiger partial charge in [-0.3, -0.25) is 4.79 Å². The Morgan fingerprint density at radius 3 is 2.78 bits per heavy atom. The minimum absolute atomic E-state index is 0.0717. The summed E-state index contributed by atoms with van der Waals surface area (Å²) in [5.41, 5.74) is 1.32. The highest BCUT2D eigenvalue weighted by Gasteiger charge is 2.22. The molecule has 0 aliphatic carbocycles. The molecular weight excluding hydrogens is 352 g/mol. The molecule has 0 fully saturated rings. The molecule has 1 heterocycles. The lowest BCUT2D eigenvalue weighted by atomic mass is 10.1. The highest BCUT2D eigenvalue weighted by atomic mass is 16.7. The number of hydrogen-bond acceptors (Lipinski definition) is 7. The SMILES string of the molecule is CC(OC(=O)c1ccccc1NCCO)C(=O)Nc1ccc2c(c1)OCO2. The molecule has 0 saturated heterocycles. The molecule has 1 unspecified atom stereocenters. The first-order chi connectivity index (χ1) is 13.1. The average molecular weight is 372 g/mol. The lowest BCUT2D eigenvalue weighted by Crippen LogP contribution is -2.30. The Morgan fingerprint density at radius 2 is 1.96 bits per heavy atom. The van der Waals surface area contributed by atoms with Crippen molar-refractivity contribution in [2.24, 2.45) is 0 Å². The maximum atomic E-state index is 12.4. The van der Waals surface area contributed by atoms with Gasteiger partial charge < -0.3 is 30.0 Å². The molecular formula is C19H20N2O6. The van der Waals surface area contributed by atoms with E-state index < -0.39 is 18.0 Å². The number of aliphatic hydroxyl groups is 1. The van der Waals surface area contributed by atoms with Crippen molar-refractivity contribution < 1.29 is 28.9 Å². The van der Waals surface area contributed by atoms with Gasteiger partial charge in [-0.15, -0.1) is 0 Å². The monoisotopic (exact) mass is 372 g/mol. The Hall–Kier alpha value is -3.26. The number of carbonyl (C=O) groups excluding carboxylic acids is 2. The second kappa shape index (κ2) is 8.41. The first kappa shape index (κ1) is 18.5. The van der Waals surface area contributed by atoms with E-state index in [4.69, 9.17) is 19.3 Å². The third-order valence-corrected chi connectivity index (χ3v) is 3.87. The highest BCUT2D eigenvalue weighted by molar-refractivity contribution is 5.99. The smallest absolute Gasteiger partial charge is 0.341 e. The highest BCUT2D eigenvalue weighted by Crippen LogP contribution is 2.34. The van der Waals surface area contributed by atoms with E-state index in [0.717, 1.165) is 0 Å². The molecule has 2 aromatic carbocycles. The molecule has 142 valence electrons. The van der Waals surface area contributed by atoms with Crippen molar-refractivity contribution in [3.8, 4) is 11.5 Å². The van der Waals surface area contributed by atoms with Crippen LogP contribution in [-0.2, 0) is 9.53 Å². The van der Waals surface area contributed by atoms with Gasteiger partial charge >= 0.3 is 5.97 Å². The van der Waals surface area contributed by atoms with Crippen molar-refractivity contribution in [3.63, 3.8) is 0 Å². The molecule has 0 radical (unpaired) electrons. The van der Waals surface area contributed by atoms with E-state index in [1.165, 1.54) is 6.92 Å². The lowest BCUT2D eigenvalue weighted by Gasteiger charge is -2.15. The number of aliphatic hydroxyl groups excluding tert-OH is 1. The lowest BCUT2D eigenvalue weighted by molar-refractivity contribution is -0.123. The zero-order chi connectivity index (χ0) is 19.2. The van der Waals surface area contributed by atoms with Crippen LogP contribution >= 0.6 is 0 Å². The van der Waals surface area contributed by atoms with Crippen LogP contribution in [0.25, 0.3) is 0 Å². The number of rotatable bonds is 7. The molecule has 2 aromatic rings. The summed E-state index contributed by atoms with van der Waals surface area (Å²) in [6.07, 6.45) is -1.01. The number of amides is 1. The number of carbonyl (C=O) groups is 2. The van der Waals surface area contributed by atoms with Gasteiger partial charge in [0.05, 0.1) is 12.2 Å². The van der Waals surface area contributed by atoms with Crippen LogP contribution in [0.4, 0.5) is 11.4 Å². The molecule has 0 aromatic heterocycles. The molecule has 0 spiro atoms. The largest absolute Gasteiger partial charge is 0.454 e. The number of nitrogens with one attached hydrogen (secondary N) is 2. The quantitative estimate of drug-likeness (QED) is 0.638. The number of para-hydroxylation sites is 1. The Balaban J connectivity index is 1.62. The van der Waals surface area contributed by atoms with Gasteiger partial charge in [-0.25, -0.2) is 4.79 Å². The van der Waals surface area contributed by atoms with Gasteiger partial charge in [0.1, 0.15) is 0 Å². The molecule has 8 nitrogen and oxygen atoms in total. The van der Waals surface area contributed by atoms with Crippen LogP contribution in [0.3, 0.4) is 0 Å². The summed E-state index contributed by atoms with van der Waals surface area (Å²) in [6, 6.07) is 11.7. The first-order valence-electron chi connectivity index (χ1n) is 8.43. The molecule has 1 aliphatic heterocycles. The van der Waals surface area contributed by atoms with Crippen LogP contribution in [-0.4, -0.2) is 43.0 Å². The van der Waals surface area contributed by atoms with Crippen molar-refractivity contribution in [1.82, 2.24) is 0 Å². The van der Waals surface area contributed by atoms with E-state index >= 15 is 0 Å². The summed E-state index contributed by atoms with van der Waals surface area (Å²) in [4.78, 5) is 24.7. The summed E-state index contributed by atoms with van der Waals surface area (Å²) in [5, 5.41) is 14.5. The maximum absolute atomic E-state index is 12.4. The van der Waals surface area contributed by atoms with E-state index in [2.05, 4.69) is 10.6 Å². The van der Waals surface area contributed by atoms with Gasteiger partial charge in [0.2, 0.25) is 6.79 Å². The van der Waals surface area contributed by atoms with Gasteiger partial charge in [-0.05, 0) is 31.2 Å². The maximum Gasteiger partial charge on any atom is 0.341 e. The molecule has 3 rings (SSSR count). The van der Waals surface area contributed by atoms with Crippen LogP contribution < -0.4 is 20.1 Å². The van der Waals surface area contributed by atoms with Crippen LogP contribution in [0, 0.1) is 0 Å². The predicted molar refractivity (Wildman–Crippen MR) is 98.1 cm³/mol. The molecule has 1 amide bonds. The molecule has 27 heavy (non-hydrogen) atoms. The minimum Gasteiger partial charge on any atom is -0.454 e. The third-order valence-electron chi connectivity index (χ3n) is 3.87. The summed E-state index contributed by atoms with van der Waals surface area (Å²) >= 11 is 0. The van der Waals surface area contributed by atoms with E-state index in [-0.39, 0.29) is 19.0 Å². The van der Waals surface area contributed by atoms with Crippen LogP contribution in [0.15, 0.2) is 42.5 Å². The predicted octanol–water partition coefficient (Wildman–Crippen LogP) is 2.00. The van der Waals surface area contributed by atoms with E-state index in [1.54, 1.807) is 42.5 Å². The number of esters is 1. The van der Waals surface area contributed by atoms with E-state index in [0.29, 0.717) is 29.4 Å². The Bertz CT molecular complexity index is 839. The minimum atomic E-state index is -1.01. The Labute approximate surface area is 156 Å². The second-order valence-corrected chi connectivity index (χ2v) is 5.80.